The average Bonchev–Trinajstić information content (AvgIpc) is 2.59. The number of hydrogen-bond donors (Lipinski definition) is 1. The van der Waals surface area contributed by atoms with E-state index in [0.29, 0.717) is 33.0 Å². The van der Waals surface area contributed by atoms with Gasteiger partial charge in [-0.05, 0) is 23.6 Å². The Morgan fingerprint density at radius 1 is 0.739 bits per heavy atom. The normalized spacial score (nSPS) is 13.0. The Balaban J connectivity index is 2.02. The van der Waals surface area contributed by atoms with Crippen LogP contribution in [0.25, 0.3) is 10.8 Å². The SMILES string of the molecule is O=C(c1ccccc1)c1ccc2c3c(cccc13)C(=O)NC2=O. The largest absolute Gasteiger partial charge is 0.289 e. The van der Waals surface area contributed by atoms with Crippen molar-refractivity contribution < 1.29 is 14.4 Å². The molecule has 0 saturated carbocycles. The number of amides is 2. The van der Waals surface area contributed by atoms with Crippen molar-refractivity contribution in [3.8, 4) is 0 Å². The molecule has 1 aliphatic rings. The molecule has 0 bridgehead atoms. The van der Waals surface area contributed by atoms with Gasteiger partial charge in [0.05, 0.1) is 0 Å². The lowest BCUT2D eigenvalue weighted by molar-refractivity contribution is 0.0844. The zero-order valence-electron chi connectivity index (χ0n) is 12.0. The highest BCUT2D eigenvalue weighted by molar-refractivity contribution is 6.28. The molecular weight excluding hydrogens is 290 g/mol. The van der Waals surface area contributed by atoms with Gasteiger partial charge in [-0.15, -0.1) is 0 Å². The zero-order chi connectivity index (χ0) is 16.0. The quantitative estimate of drug-likeness (QED) is 0.584. The van der Waals surface area contributed by atoms with Crippen molar-refractivity contribution in [2.45, 2.75) is 0 Å². The second-order valence-electron chi connectivity index (χ2n) is 5.37. The van der Waals surface area contributed by atoms with Crippen molar-refractivity contribution in [2.24, 2.45) is 0 Å². The first kappa shape index (κ1) is 13.4. The van der Waals surface area contributed by atoms with Gasteiger partial charge in [0.1, 0.15) is 0 Å². The second kappa shape index (κ2) is 4.88. The number of benzene rings is 3. The van der Waals surface area contributed by atoms with E-state index < -0.39 is 11.8 Å². The molecule has 0 spiro atoms. The highest BCUT2D eigenvalue weighted by Gasteiger charge is 2.26. The number of imide groups is 1. The maximum atomic E-state index is 12.8. The lowest BCUT2D eigenvalue weighted by Gasteiger charge is -2.18. The molecule has 4 rings (SSSR count). The molecule has 4 heteroatoms. The van der Waals surface area contributed by atoms with Crippen molar-refractivity contribution in [1.29, 1.82) is 0 Å². The van der Waals surface area contributed by atoms with E-state index in [1.54, 1.807) is 54.6 Å². The summed E-state index contributed by atoms with van der Waals surface area (Å²) in [6.07, 6.45) is 0. The Morgan fingerprint density at radius 2 is 1.43 bits per heavy atom. The lowest BCUT2D eigenvalue weighted by atomic mass is 9.89. The number of ketones is 1. The molecule has 1 N–H and O–H groups in total. The van der Waals surface area contributed by atoms with Gasteiger partial charge in [-0.25, -0.2) is 0 Å². The van der Waals surface area contributed by atoms with Gasteiger partial charge < -0.3 is 0 Å². The van der Waals surface area contributed by atoms with Gasteiger partial charge >= 0.3 is 0 Å². The Bertz CT molecular complexity index is 970. The lowest BCUT2D eigenvalue weighted by Crippen LogP contribution is -2.34. The van der Waals surface area contributed by atoms with E-state index in [9.17, 15) is 14.4 Å². The Morgan fingerprint density at radius 3 is 2.17 bits per heavy atom. The van der Waals surface area contributed by atoms with Gasteiger partial charge in [0.15, 0.2) is 5.78 Å². The van der Waals surface area contributed by atoms with E-state index in [-0.39, 0.29) is 5.78 Å². The van der Waals surface area contributed by atoms with E-state index in [0.717, 1.165) is 0 Å². The fraction of sp³-hybridized carbons (Fsp3) is 0. The molecule has 23 heavy (non-hydrogen) atoms. The van der Waals surface area contributed by atoms with Crippen LogP contribution in [0.2, 0.25) is 0 Å². The molecule has 0 aromatic heterocycles. The topological polar surface area (TPSA) is 63.2 Å². The number of carbonyl (C=O) groups excluding carboxylic acids is 3. The molecule has 0 aliphatic carbocycles. The molecule has 0 atom stereocenters. The highest BCUT2D eigenvalue weighted by atomic mass is 16.2. The van der Waals surface area contributed by atoms with Crippen LogP contribution in [-0.2, 0) is 0 Å². The van der Waals surface area contributed by atoms with Crippen molar-refractivity contribution in [2.75, 3.05) is 0 Å². The first-order valence-electron chi connectivity index (χ1n) is 7.18. The summed E-state index contributed by atoms with van der Waals surface area (Å²) in [5.74, 6) is -0.998. The maximum Gasteiger partial charge on any atom is 0.258 e. The molecule has 4 nitrogen and oxygen atoms in total. The van der Waals surface area contributed by atoms with E-state index in [1.807, 2.05) is 6.07 Å². The maximum absolute atomic E-state index is 12.8. The summed E-state index contributed by atoms with van der Waals surface area (Å²) >= 11 is 0. The number of carbonyl (C=O) groups is 3. The van der Waals surface area contributed by atoms with Gasteiger partial charge in [0.2, 0.25) is 0 Å². The Hall–Kier alpha value is -3.27. The van der Waals surface area contributed by atoms with Gasteiger partial charge in [0, 0.05) is 27.6 Å². The minimum atomic E-state index is -0.433. The Labute approximate surface area is 131 Å². The fourth-order valence-corrected chi connectivity index (χ4v) is 2.97. The van der Waals surface area contributed by atoms with Gasteiger partial charge in [-0.2, -0.15) is 0 Å². The van der Waals surface area contributed by atoms with Crippen molar-refractivity contribution in [1.82, 2.24) is 5.32 Å². The standard InChI is InChI=1S/C19H11NO3/c21-17(11-5-2-1-3-6-11)13-9-10-15-16-12(13)7-4-8-14(16)18(22)20-19(15)23/h1-10H,(H,20,22,23). The molecule has 0 fully saturated rings. The first-order chi connectivity index (χ1) is 11.2. The average molecular weight is 301 g/mol. The van der Waals surface area contributed by atoms with E-state index in [4.69, 9.17) is 0 Å². The smallest absolute Gasteiger partial charge is 0.258 e. The molecule has 3 aromatic rings. The molecule has 2 amide bonds. The van der Waals surface area contributed by atoms with E-state index in [1.165, 1.54) is 0 Å². The third-order valence-corrected chi connectivity index (χ3v) is 4.04. The summed E-state index contributed by atoms with van der Waals surface area (Å²) in [7, 11) is 0. The third kappa shape index (κ3) is 1.96. The monoisotopic (exact) mass is 301 g/mol. The van der Waals surface area contributed by atoms with Gasteiger partial charge in [-0.1, -0.05) is 42.5 Å². The predicted octanol–water partition coefficient (Wildman–Crippen LogP) is 2.95. The predicted molar refractivity (Wildman–Crippen MR) is 85.6 cm³/mol. The van der Waals surface area contributed by atoms with Gasteiger partial charge in [0.25, 0.3) is 11.8 Å². The number of nitrogens with one attached hydrogen (secondary N) is 1. The van der Waals surface area contributed by atoms with Crippen LogP contribution in [-0.4, -0.2) is 17.6 Å². The molecule has 3 aromatic carbocycles. The van der Waals surface area contributed by atoms with Crippen molar-refractivity contribution in [3.63, 3.8) is 0 Å². The molecule has 0 saturated heterocycles. The van der Waals surface area contributed by atoms with Crippen LogP contribution in [0, 0.1) is 0 Å². The van der Waals surface area contributed by atoms with Crippen molar-refractivity contribution in [3.05, 3.63) is 82.9 Å². The summed E-state index contributed by atoms with van der Waals surface area (Å²) in [4.78, 5) is 36.8. The summed E-state index contributed by atoms with van der Waals surface area (Å²) in [5, 5.41) is 3.48. The fourth-order valence-electron chi connectivity index (χ4n) is 2.97. The van der Waals surface area contributed by atoms with Crippen molar-refractivity contribution >= 4 is 28.4 Å². The van der Waals surface area contributed by atoms with Crippen LogP contribution in [0.3, 0.4) is 0 Å². The number of hydrogen-bond acceptors (Lipinski definition) is 3. The van der Waals surface area contributed by atoms with E-state index in [2.05, 4.69) is 5.32 Å². The first-order valence-corrected chi connectivity index (χ1v) is 7.18. The van der Waals surface area contributed by atoms with E-state index >= 15 is 0 Å². The zero-order valence-corrected chi connectivity index (χ0v) is 12.0. The molecule has 1 heterocycles. The second-order valence-corrected chi connectivity index (χ2v) is 5.37. The highest BCUT2D eigenvalue weighted by Crippen LogP contribution is 2.30. The number of rotatable bonds is 2. The van der Waals surface area contributed by atoms with Crippen LogP contribution in [0.4, 0.5) is 0 Å². The third-order valence-electron chi connectivity index (χ3n) is 4.04. The van der Waals surface area contributed by atoms with Crippen LogP contribution in [0.5, 0.6) is 0 Å². The minimum Gasteiger partial charge on any atom is -0.289 e. The molecule has 0 unspecified atom stereocenters. The minimum absolute atomic E-state index is 0.132. The summed E-state index contributed by atoms with van der Waals surface area (Å²) < 4.78 is 0. The van der Waals surface area contributed by atoms with Gasteiger partial charge in [-0.3, -0.25) is 19.7 Å². The molecule has 0 radical (unpaired) electrons. The summed E-state index contributed by atoms with van der Waals surface area (Å²) in [5.41, 5.74) is 1.89. The Kier molecular flexibility index (Phi) is 2.84. The molecular formula is C19H11NO3. The van der Waals surface area contributed by atoms with Crippen LogP contribution in [0.1, 0.15) is 36.6 Å². The molecule has 1 aliphatic heterocycles. The van der Waals surface area contributed by atoms with Crippen LogP contribution < -0.4 is 5.32 Å². The summed E-state index contributed by atoms with van der Waals surface area (Å²) in [6.45, 7) is 0. The van der Waals surface area contributed by atoms with Crippen LogP contribution in [0.15, 0.2) is 60.7 Å². The molecule has 110 valence electrons. The van der Waals surface area contributed by atoms with Crippen LogP contribution >= 0.6 is 0 Å². The summed E-state index contributed by atoms with van der Waals surface area (Å²) in [6, 6.07) is 17.3.